The highest BCUT2D eigenvalue weighted by Gasteiger charge is 2.32. The van der Waals surface area contributed by atoms with E-state index in [9.17, 15) is 0 Å². The van der Waals surface area contributed by atoms with Gasteiger partial charge in [0.1, 0.15) is 0 Å². The van der Waals surface area contributed by atoms with E-state index < -0.39 is 0 Å². The summed E-state index contributed by atoms with van der Waals surface area (Å²) in [7, 11) is 0. The van der Waals surface area contributed by atoms with Gasteiger partial charge >= 0.3 is 0 Å². The molecule has 1 aromatic carbocycles. The second kappa shape index (κ2) is 6.38. The molecule has 1 aromatic rings. The maximum Gasteiger partial charge on any atom is 0.0410 e. The zero-order valence-electron chi connectivity index (χ0n) is 10.7. The van der Waals surface area contributed by atoms with Gasteiger partial charge in [-0.3, -0.25) is 4.90 Å². The van der Waals surface area contributed by atoms with Crippen LogP contribution in [0.5, 0.6) is 0 Å². The second-order valence-electron chi connectivity index (χ2n) is 4.88. The van der Waals surface area contributed by atoms with Gasteiger partial charge in [0.2, 0.25) is 0 Å². The summed E-state index contributed by atoms with van der Waals surface area (Å²) in [5.41, 5.74) is 7.24. The smallest absolute Gasteiger partial charge is 0.0410 e. The molecule has 2 atom stereocenters. The van der Waals surface area contributed by atoms with Crippen LogP contribution < -0.4 is 5.73 Å². The Morgan fingerprint density at radius 3 is 2.94 bits per heavy atom. The van der Waals surface area contributed by atoms with Gasteiger partial charge in [-0.25, -0.2) is 0 Å². The van der Waals surface area contributed by atoms with Crippen LogP contribution in [0.25, 0.3) is 0 Å². The van der Waals surface area contributed by atoms with Gasteiger partial charge in [0.15, 0.2) is 0 Å². The first-order valence-electron chi connectivity index (χ1n) is 6.56. The zero-order valence-corrected chi connectivity index (χ0v) is 13.0. The first-order chi connectivity index (χ1) is 8.67. The summed E-state index contributed by atoms with van der Waals surface area (Å²) in [5, 5.41) is 0.797. The molecule has 0 radical (unpaired) electrons. The molecule has 1 heterocycles. The van der Waals surface area contributed by atoms with Crippen molar-refractivity contribution >= 4 is 27.5 Å². The molecule has 18 heavy (non-hydrogen) atoms. The summed E-state index contributed by atoms with van der Waals surface area (Å²) in [6, 6.07) is 6.42. The molecule has 1 aliphatic rings. The lowest BCUT2D eigenvalue weighted by Crippen LogP contribution is -2.41. The molecule has 1 fully saturated rings. The van der Waals surface area contributed by atoms with Crippen LogP contribution >= 0.6 is 27.5 Å². The summed E-state index contributed by atoms with van der Waals surface area (Å²) < 4.78 is 1.13. The average Bonchev–Trinajstić information content (AvgIpc) is 2.40. The molecule has 0 aliphatic carbocycles. The van der Waals surface area contributed by atoms with Gasteiger partial charge in [0, 0.05) is 15.5 Å². The van der Waals surface area contributed by atoms with Gasteiger partial charge in [0.25, 0.3) is 0 Å². The minimum absolute atomic E-state index is 0.391. The molecule has 2 nitrogen and oxygen atoms in total. The largest absolute Gasteiger partial charge is 0.330 e. The van der Waals surface area contributed by atoms with Crippen molar-refractivity contribution in [2.24, 2.45) is 11.7 Å². The van der Waals surface area contributed by atoms with Crippen LogP contribution in [0.15, 0.2) is 22.7 Å². The fraction of sp³-hybridized carbons (Fsp3) is 0.571. The molecule has 0 spiro atoms. The summed E-state index contributed by atoms with van der Waals surface area (Å²) in [6.07, 6.45) is 2.45. The van der Waals surface area contributed by atoms with Gasteiger partial charge in [-0.1, -0.05) is 34.5 Å². The third-order valence-electron chi connectivity index (χ3n) is 3.85. The molecule has 2 N–H and O–H groups in total. The van der Waals surface area contributed by atoms with E-state index in [-0.39, 0.29) is 0 Å². The lowest BCUT2D eigenvalue weighted by Gasteiger charge is -2.41. The molecular formula is C14H20BrClN2. The molecule has 0 saturated carbocycles. The number of benzene rings is 1. The van der Waals surface area contributed by atoms with Gasteiger partial charge in [0.05, 0.1) is 0 Å². The Bertz CT molecular complexity index is 399. The SMILES string of the molecule is CCN1CCCC(CN)C1c1cc(Cl)ccc1Br. The minimum atomic E-state index is 0.391. The van der Waals surface area contributed by atoms with Crippen molar-refractivity contribution in [1.29, 1.82) is 0 Å². The number of nitrogens with two attached hydrogens (primary N) is 1. The van der Waals surface area contributed by atoms with E-state index in [0.29, 0.717) is 12.0 Å². The van der Waals surface area contributed by atoms with Crippen LogP contribution in [0.4, 0.5) is 0 Å². The summed E-state index contributed by atoms with van der Waals surface area (Å²) in [5.74, 6) is 0.522. The fourth-order valence-corrected chi connectivity index (χ4v) is 3.61. The van der Waals surface area contributed by atoms with E-state index in [1.54, 1.807) is 0 Å². The number of piperidine rings is 1. The third-order valence-corrected chi connectivity index (χ3v) is 4.80. The predicted octanol–water partition coefficient (Wildman–Crippen LogP) is 3.83. The summed E-state index contributed by atoms with van der Waals surface area (Å²) >= 11 is 9.80. The number of likely N-dealkylation sites (tertiary alicyclic amines) is 1. The average molecular weight is 332 g/mol. The van der Waals surface area contributed by atoms with Crippen LogP contribution in [0.3, 0.4) is 0 Å². The van der Waals surface area contributed by atoms with E-state index in [2.05, 4.69) is 33.8 Å². The van der Waals surface area contributed by atoms with E-state index in [1.165, 1.54) is 18.4 Å². The summed E-state index contributed by atoms with van der Waals surface area (Å²) in [4.78, 5) is 2.51. The number of nitrogens with zero attached hydrogens (tertiary/aromatic N) is 1. The lowest BCUT2D eigenvalue weighted by atomic mass is 9.84. The standard InChI is InChI=1S/C14H20BrClN2/c1-2-18-7-3-4-10(9-17)14(18)12-8-11(16)5-6-13(12)15/h5-6,8,10,14H,2-4,7,9,17H2,1H3. The van der Waals surface area contributed by atoms with Crippen molar-refractivity contribution in [2.45, 2.75) is 25.8 Å². The molecule has 0 amide bonds. The van der Waals surface area contributed by atoms with E-state index >= 15 is 0 Å². The lowest BCUT2D eigenvalue weighted by molar-refractivity contribution is 0.101. The highest BCUT2D eigenvalue weighted by Crippen LogP contribution is 2.39. The monoisotopic (exact) mass is 330 g/mol. The van der Waals surface area contributed by atoms with Crippen LogP contribution in [-0.2, 0) is 0 Å². The van der Waals surface area contributed by atoms with Crippen LogP contribution in [0.1, 0.15) is 31.4 Å². The Hall–Kier alpha value is -0.0900. The van der Waals surface area contributed by atoms with Gasteiger partial charge in [-0.05, 0) is 62.2 Å². The van der Waals surface area contributed by atoms with Crippen molar-refractivity contribution in [1.82, 2.24) is 4.90 Å². The Morgan fingerprint density at radius 1 is 1.50 bits per heavy atom. The van der Waals surface area contributed by atoms with E-state index in [1.807, 2.05) is 12.1 Å². The number of hydrogen-bond donors (Lipinski definition) is 1. The van der Waals surface area contributed by atoms with Crippen molar-refractivity contribution in [3.8, 4) is 0 Å². The molecule has 100 valence electrons. The molecule has 0 bridgehead atoms. The predicted molar refractivity (Wildman–Crippen MR) is 80.9 cm³/mol. The maximum absolute atomic E-state index is 6.15. The quantitative estimate of drug-likeness (QED) is 0.912. The number of hydrogen-bond acceptors (Lipinski definition) is 2. The Kier molecular flexibility index (Phi) is 5.07. The molecule has 0 aromatic heterocycles. The topological polar surface area (TPSA) is 29.3 Å². The van der Waals surface area contributed by atoms with E-state index in [4.69, 9.17) is 17.3 Å². The van der Waals surface area contributed by atoms with Crippen molar-refractivity contribution < 1.29 is 0 Å². The van der Waals surface area contributed by atoms with E-state index in [0.717, 1.165) is 29.1 Å². The van der Waals surface area contributed by atoms with Crippen molar-refractivity contribution in [3.63, 3.8) is 0 Å². The summed E-state index contributed by atoms with van der Waals surface area (Å²) in [6.45, 7) is 5.15. The second-order valence-corrected chi connectivity index (χ2v) is 6.17. The Morgan fingerprint density at radius 2 is 2.28 bits per heavy atom. The normalized spacial score (nSPS) is 25.3. The van der Waals surface area contributed by atoms with Crippen LogP contribution in [0.2, 0.25) is 5.02 Å². The molecular weight excluding hydrogens is 312 g/mol. The molecule has 2 rings (SSSR count). The van der Waals surface area contributed by atoms with Crippen molar-refractivity contribution in [3.05, 3.63) is 33.3 Å². The van der Waals surface area contributed by atoms with Gasteiger partial charge in [-0.15, -0.1) is 0 Å². The minimum Gasteiger partial charge on any atom is -0.330 e. The molecule has 1 saturated heterocycles. The van der Waals surface area contributed by atoms with Crippen LogP contribution in [-0.4, -0.2) is 24.5 Å². The molecule has 2 unspecified atom stereocenters. The number of rotatable bonds is 3. The first kappa shape index (κ1) is 14.3. The van der Waals surface area contributed by atoms with Gasteiger partial charge in [-0.2, -0.15) is 0 Å². The molecule has 4 heteroatoms. The number of halogens is 2. The van der Waals surface area contributed by atoms with Crippen molar-refractivity contribution in [2.75, 3.05) is 19.6 Å². The highest BCUT2D eigenvalue weighted by molar-refractivity contribution is 9.10. The Balaban J connectivity index is 2.38. The zero-order chi connectivity index (χ0) is 13.1. The fourth-order valence-electron chi connectivity index (χ4n) is 2.95. The first-order valence-corrected chi connectivity index (χ1v) is 7.73. The van der Waals surface area contributed by atoms with Crippen LogP contribution in [0, 0.1) is 5.92 Å². The maximum atomic E-state index is 6.15. The Labute approximate surface area is 123 Å². The third kappa shape index (κ3) is 2.90. The molecule has 1 aliphatic heterocycles. The van der Waals surface area contributed by atoms with Gasteiger partial charge < -0.3 is 5.73 Å². The highest BCUT2D eigenvalue weighted by atomic mass is 79.9.